The van der Waals surface area contributed by atoms with E-state index in [2.05, 4.69) is 5.32 Å². The molecule has 0 fully saturated rings. The summed E-state index contributed by atoms with van der Waals surface area (Å²) in [4.78, 5) is 10.7. The maximum Gasteiger partial charge on any atom is 0.247 e. The fourth-order valence-electron chi connectivity index (χ4n) is 0.489. The molecule has 0 spiro atoms. The van der Waals surface area contributed by atoms with Gasteiger partial charge < -0.3 is 15.5 Å². The summed E-state index contributed by atoms with van der Waals surface area (Å²) in [7, 11) is 0. The summed E-state index contributed by atoms with van der Waals surface area (Å²) in [6, 6.07) is 0. The first kappa shape index (κ1) is 9.97. The molecule has 4 nitrogen and oxygen atoms in total. The van der Waals surface area contributed by atoms with Crippen LogP contribution in [0.3, 0.4) is 0 Å². The molecule has 0 saturated heterocycles. The lowest BCUT2D eigenvalue weighted by molar-refractivity contribution is -0.117. The molecule has 11 heavy (non-hydrogen) atoms. The van der Waals surface area contributed by atoms with Crippen molar-refractivity contribution in [1.29, 1.82) is 0 Å². The van der Waals surface area contributed by atoms with Crippen molar-refractivity contribution in [3.63, 3.8) is 0 Å². The van der Waals surface area contributed by atoms with Gasteiger partial charge in [-0.2, -0.15) is 0 Å². The van der Waals surface area contributed by atoms with Crippen LogP contribution in [0.25, 0.3) is 0 Å². The second-order valence-corrected chi connectivity index (χ2v) is 2.38. The predicted octanol–water partition coefficient (Wildman–Crippen LogP) is -0.0548. The van der Waals surface area contributed by atoms with Gasteiger partial charge in [-0.25, -0.2) is 0 Å². The minimum atomic E-state index is -0.564. The number of allylic oxidation sites excluding steroid dienone is 1. The molecule has 0 saturated carbocycles. The third-order valence-electron chi connectivity index (χ3n) is 0.912. The molecule has 64 valence electrons. The molecule has 0 aliphatic heterocycles. The van der Waals surface area contributed by atoms with Gasteiger partial charge in [-0.15, -0.1) is 0 Å². The molecule has 0 aliphatic rings. The normalized spacial score (nSPS) is 14.3. The molecule has 1 amide bonds. The molecule has 1 unspecified atom stereocenters. The van der Waals surface area contributed by atoms with Crippen LogP contribution in [0.1, 0.15) is 13.8 Å². The first-order chi connectivity index (χ1) is 5.02. The summed E-state index contributed by atoms with van der Waals surface area (Å²) in [6.45, 7) is 3.17. The van der Waals surface area contributed by atoms with Crippen molar-refractivity contribution in [2.75, 3.05) is 6.54 Å². The summed E-state index contributed by atoms with van der Waals surface area (Å²) in [5.41, 5.74) is 0. The van der Waals surface area contributed by atoms with Crippen LogP contribution in [0.2, 0.25) is 0 Å². The lowest BCUT2D eigenvalue weighted by Crippen LogP contribution is -2.29. The van der Waals surface area contributed by atoms with E-state index in [9.17, 15) is 4.79 Å². The van der Waals surface area contributed by atoms with Crippen LogP contribution >= 0.6 is 0 Å². The molecule has 3 N–H and O–H groups in total. The van der Waals surface area contributed by atoms with Gasteiger partial charge in [-0.3, -0.25) is 4.79 Å². The maximum absolute atomic E-state index is 10.7. The Morgan fingerprint density at radius 3 is 2.64 bits per heavy atom. The smallest absolute Gasteiger partial charge is 0.247 e. The monoisotopic (exact) mass is 159 g/mol. The highest BCUT2D eigenvalue weighted by atomic mass is 16.3. The van der Waals surface area contributed by atoms with Gasteiger partial charge >= 0.3 is 0 Å². The van der Waals surface area contributed by atoms with Gasteiger partial charge in [0, 0.05) is 12.6 Å². The molecule has 0 radical (unpaired) electrons. The first-order valence-corrected chi connectivity index (χ1v) is 3.35. The molecule has 0 rings (SSSR count). The Balaban J connectivity index is 3.63. The standard InChI is InChI=1S/C7H13NO3/c1-5(9)3-7(11)8-4-6(2)10/h3,6,9-10H,4H2,1-2H3,(H,8,11). The Hall–Kier alpha value is -1.03. The Labute approximate surface area is 65.5 Å². The van der Waals surface area contributed by atoms with E-state index in [4.69, 9.17) is 10.2 Å². The lowest BCUT2D eigenvalue weighted by Gasteiger charge is -2.03. The zero-order chi connectivity index (χ0) is 8.85. The number of aliphatic hydroxyl groups is 2. The Kier molecular flexibility index (Phi) is 4.29. The summed E-state index contributed by atoms with van der Waals surface area (Å²) >= 11 is 0. The fraction of sp³-hybridized carbons (Fsp3) is 0.571. The summed E-state index contributed by atoms with van der Waals surface area (Å²) in [5.74, 6) is -0.445. The average molecular weight is 159 g/mol. The summed E-state index contributed by atoms with van der Waals surface area (Å²) in [6.07, 6.45) is 0.494. The molecule has 1 atom stereocenters. The van der Waals surface area contributed by atoms with E-state index < -0.39 is 12.0 Å². The summed E-state index contributed by atoms with van der Waals surface area (Å²) in [5, 5.41) is 19.8. The Morgan fingerprint density at radius 2 is 2.27 bits per heavy atom. The van der Waals surface area contributed by atoms with Crippen LogP contribution in [0.15, 0.2) is 11.8 Å². The zero-order valence-corrected chi connectivity index (χ0v) is 6.66. The third kappa shape index (κ3) is 6.86. The second kappa shape index (κ2) is 4.73. The van der Waals surface area contributed by atoms with E-state index in [0.717, 1.165) is 6.08 Å². The molecule has 0 aromatic carbocycles. The zero-order valence-electron chi connectivity index (χ0n) is 6.66. The minimum absolute atomic E-state index is 0.0481. The van der Waals surface area contributed by atoms with Crippen molar-refractivity contribution < 1.29 is 15.0 Å². The van der Waals surface area contributed by atoms with Crippen molar-refractivity contribution in [3.05, 3.63) is 11.8 Å². The van der Waals surface area contributed by atoms with Gasteiger partial charge in [0.05, 0.1) is 11.9 Å². The predicted molar refractivity (Wildman–Crippen MR) is 41.1 cm³/mol. The van der Waals surface area contributed by atoms with Gasteiger partial charge in [0.15, 0.2) is 0 Å². The average Bonchev–Trinajstić information content (AvgIpc) is 1.82. The number of amides is 1. The van der Waals surface area contributed by atoms with E-state index in [1.165, 1.54) is 6.92 Å². The first-order valence-electron chi connectivity index (χ1n) is 3.35. The molecule has 0 aromatic rings. The van der Waals surface area contributed by atoms with E-state index >= 15 is 0 Å². The van der Waals surface area contributed by atoms with Gasteiger partial charge in [-0.05, 0) is 13.8 Å². The number of hydrogen-bond donors (Lipinski definition) is 3. The van der Waals surface area contributed by atoms with Crippen molar-refractivity contribution in [3.8, 4) is 0 Å². The van der Waals surface area contributed by atoms with Gasteiger partial charge in [0.1, 0.15) is 0 Å². The Morgan fingerprint density at radius 1 is 1.73 bits per heavy atom. The molecule has 0 bridgehead atoms. The van der Waals surface area contributed by atoms with E-state index in [0.29, 0.717) is 0 Å². The van der Waals surface area contributed by atoms with Gasteiger partial charge in [0.25, 0.3) is 0 Å². The Bertz CT molecular complexity index is 159. The van der Waals surface area contributed by atoms with Gasteiger partial charge in [-0.1, -0.05) is 0 Å². The number of rotatable bonds is 3. The molecular formula is C7H13NO3. The molecule has 0 aliphatic carbocycles. The largest absolute Gasteiger partial charge is 0.512 e. The molecule has 0 aromatic heterocycles. The highest BCUT2D eigenvalue weighted by molar-refractivity contribution is 5.87. The topological polar surface area (TPSA) is 69.6 Å². The summed E-state index contributed by atoms with van der Waals surface area (Å²) < 4.78 is 0. The highest BCUT2D eigenvalue weighted by Gasteiger charge is 1.98. The third-order valence-corrected chi connectivity index (χ3v) is 0.912. The highest BCUT2D eigenvalue weighted by Crippen LogP contribution is 1.83. The molecule has 4 heteroatoms. The maximum atomic E-state index is 10.7. The lowest BCUT2D eigenvalue weighted by atomic mass is 10.4. The SMILES string of the molecule is CC(O)=CC(=O)NCC(C)O. The van der Waals surface area contributed by atoms with Crippen molar-refractivity contribution >= 4 is 5.91 Å². The second-order valence-electron chi connectivity index (χ2n) is 2.38. The van der Waals surface area contributed by atoms with Gasteiger partial charge in [0.2, 0.25) is 5.91 Å². The van der Waals surface area contributed by atoms with Crippen LogP contribution in [0, 0.1) is 0 Å². The van der Waals surface area contributed by atoms with Crippen LogP contribution in [0.4, 0.5) is 0 Å². The fourth-order valence-corrected chi connectivity index (χ4v) is 0.489. The number of nitrogens with one attached hydrogen (secondary N) is 1. The van der Waals surface area contributed by atoms with Crippen LogP contribution in [-0.2, 0) is 4.79 Å². The molecular weight excluding hydrogens is 146 g/mol. The number of carbonyl (C=O) groups is 1. The number of carbonyl (C=O) groups excluding carboxylic acids is 1. The quantitative estimate of drug-likeness (QED) is 0.399. The number of aliphatic hydroxyl groups excluding tert-OH is 2. The van der Waals surface area contributed by atoms with E-state index in [-0.39, 0.29) is 12.3 Å². The van der Waals surface area contributed by atoms with Crippen LogP contribution in [-0.4, -0.2) is 28.8 Å². The molecule has 0 heterocycles. The van der Waals surface area contributed by atoms with Crippen LogP contribution in [0.5, 0.6) is 0 Å². The van der Waals surface area contributed by atoms with Crippen molar-refractivity contribution in [2.24, 2.45) is 0 Å². The minimum Gasteiger partial charge on any atom is -0.512 e. The van der Waals surface area contributed by atoms with Crippen LogP contribution < -0.4 is 5.32 Å². The number of hydrogen-bond acceptors (Lipinski definition) is 3. The van der Waals surface area contributed by atoms with Crippen molar-refractivity contribution in [2.45, 2.75) is 20.0 Å². The van der Waals surface area contributed by atoms with E-state index in [1.807, 2.05) is 0 Å². The van der Waals surface area contributed by atoms with Crippen molar-refractivity contribution in [1.82, 2.24) is 5.32 Å². The van der Waals surface area contributed by atoms with E-state index in [1.54, 1.807) is 6.92 Å².